The summed E-state index contributed by atoms with van der Waals surface area (Å²) in [7, 11) is -5.00. The van der Waals surface area contributed by atoms with Crippen LogP contribution in [0.5, 0.6) is 0 Å². The number of carbonyl (C=O) groups is 3. The average Bonchev–Trinajstić information content (AvgIpc) is 3.80. The van der Waals surface area contributed by atoms with Gasteiger partial charge in [0.25, 0.3) is 5.91 Å². The maximum atomic E-state index is 14.4. The van der Waals surface area contributed by atoms with Crippen molar-refractivity contribution in [2.75, 3.05) is 13.1 Å². The Balaban J connectivity index is 1.23. The van der Waals surface area contributed by atoms with Crippen LogP contribution in [0.1, 0.15) is 78.6 Å². The Morgan fingerprint density at radius 1 is 1.06 bits per heavy atom. The summed E-state index contributed by atoms with van der Waals surface area (Å²) in [5.74, 6) is -3.21. The summed E-state index contributed by atoms with van der Waals surface area (Å²) < 4.78 is 26.4. The van der Waals surface area contributed by atoms with Crippen molar-refractivity contribution in [2.45, 2.75) is 75.9 Å². The minimum absolute atomic E-state index is 0.109. The number of nitriles is 1. The van der Waals surface area contributed by atoms with Crippen LogP contribution in [0.25, 0.3) is 10.1 Å². The second-order valence-corrected chi connectivity index (χ2v) is 16.4. The van der Waals surface area contributed by atoms with E-state index in [1.165, 1.54) is 24.3 Å². The number of hydrogen-bond donors (Lipinski definition) is 3. The molecule has 3 fully saturated rings. The summed E-state index contributed by atoms with van der Waals surface area (Å²) in [5, 5.41) is 13.3. The van der Waals surface area contributed by atoms with E-state index >= 15 is 0 Å². The molecule has 0 radical (unpaired) electrons. The van der Waals surface area contributed by atoms with E-state index in [1.807, 2.05) is 30.3 Å². The van der Waals surface area contributed by atoms with Gasteiger partial charge in [0, 0.05) is 29.7 Å². The second kappa shape index (κ2) is 13.7. The number of nitrogens with zero attached hydrogens (tertiary/aromatic N) is 3. The van der Waals surface area contributed by atoms with Crippen LogP contribution in [0.15, 0.2) is 54.6 Å². The number of carbonyl (C=O) groups excluding carboxylic acids is 3. The summed E-state index contributed by atoms with van der Waals surface area (Å²) in [6.07, 6.45) is 3.14. The second-order valence-electron chi connectivity index (χ2n) is 13.7. The number of halogens is 1. The first-order valence-corrected chi connectivity index (χ1v) is 18.9. The van der Waals surface area contributed by atoms with Crippen molar-refractivity contribution >= 4 is 46.7 Å². The van der Waals surface area contributed by atoms with E-state index in [0.29, 0.717) is 54.3 Å². The highest BCUT2D eigenvalue weighted by atomic mass is 32.1. The van der Waals surface area contributed by atoms with E-state index in [-0.39, 0.29) is 40.1 Å². The van der Waals surface area contributed by atoms with Gasteiger partial charge in [-0.25, -0.2) is 4.39 Å². The first kappa shape index (κ1) is 34.3. The highest BCUT2D eigenvalue weighted by Crippen LogP contribution is 2.53. The molecular weight excluding hydrogens is 654 g/mol. The summed E-state index contributed by atoms with van der Waals surface area (Å²) in [5.41, 5.74) is 0.831. The smallest absolute Gasteiger partial charge is 0.340 e. The highest BCUT2D eigenvalue weighted by Gasteiger charge is 2.48. The molecule has 0 aliphatic carbocycles. The van der Waals surface area contributed by atoms with Crippen molar-refractivity contribution < 1.29 is 33.1 Å². The van der Waals surface area contributed by atoms with Gasteiger partial charge < -0.3 is 24.9 Å². The zero-order valence-electron chi connectivity index (χ0n) is 26.9. The number of hydrogen-bond acceptors (Lipinski definition) is 6. The lowest BCUT2D eigenvalue weighted by molar-refractivity contribution is -0.147. The molecule has 4 heterocycles. The van der Waals surface area contributed by atoms with Gasteiger partial charge in [0.05, 0.1) is 16.9 Å². The fraction of sp³-hybridized carbons (Fsp3) is 0.486. The molecule has 3 aliphatic heterocycles. The first-order valence-electron chi connectivity index (χ1n) is 16.4. The number of benzene rings is 2. The summed E-state index contributed by atoms with van der Waals surface area (Å²) in [6, 6.07) is 16.1. The molecule has 6 rings (SSSR count). The SMILES string of the molecule is CC(C)[C@H]1CC[C@H](NC(=O)c2cc3cc(C(F)P(=O)(O)O)ccc3s2)C(=O)N2[C@H](CC[C@H]2C(=O)N2C[C@H](c3ccccc3)[C@@H](C#N)C2)C1. The number of fused-ring (bicyclic) bond motifs is 2. The largest absolute Gasteiger partial charge is 0.363 e. The molecule has 2 aromatic carbocycles. The predicted molar refractivity (Wildman–Crippen MR) is 180 cm³/mol. The lowest BCUT2D eigenvalue weighted by Crippen LogP contribution is -2.57. The predicted octanol–water partition coefficient (Wildman–Crippen LogP) is 5.73. The zero-order chi connectivity index (χ0) is 34.3. The van der Waals surface area contributed by atoms with Crippen LogP contribution in [-0.4, -0.2) is 68.5 Å². The average molecular weight is 695 g/mol. The summed E-state index contributed by atoms with van der Waals surface area (Å²) in [4.78, 5) is 64.3. The molecule has 0 bridgehead atoms. The van der Waals surface area contributed by atoms with Crippen molar-refractivity contribution in [2.24, 2.45) is 17.8 Å². The van der Waals surface area contributed by atoms with Gasteiger partial charge in [0.15, 0.2) is 0 Å². The Labute approximate surface area is 283 Å². The minimum atomic E-state index is -5.00. The third-order valence-corrected chi connectivity index (χ3v) is 12.4. The molecule has 13 heteroatoms. The third-order valence-electron chi connectivity index (χ3n) is 10.3. The first-order chi connectivity index (χ1) is 22.8. The molecule has 7 atom stereocenters. The van der Waals surface area contributed by atoms with Crippen molar-refractivity contribution in [3.8, 4) is 6.07 Å². The number of alkyl halides is 1. The van der Waals surface area contributed by atoms with Crippen molar-refractivity contribution in [1.29, 1.82) is 5.26 Å². The number of likely N-dealkylation sites (tertiary alicyclic amines) is 1. The van der Waals surface area contributed by atoms with Crippen LogP contribution in [0.2, 0.25) is 0 Å². The van der Waals surface area contributed by atoms with Crippen LogP contribution in [0.4, 0.5) is 4.39 Å². The van der Waals surface area contributed by atoms with Gasteiger partial charge in [-0.3, -0.25) is 18.9 Å². The number of rotatable bonds is 7. The lowest BCUT2D eigenvalue weighted by Gasteiger charge is -2.39. The van der Waals surface area contributed by atoms with Gasteiger partial charge in [-0.1, -0.05) is 50.2 Å². The monoisotopic (exact) mass is 694 g/mol. The fourth-order valence-corrected chi connectivity index (χ4v) is 9.19. The molecule has 3 saturated heterocycles. The Hall–Kier alpha value is -3.62. The van der Waals surface area contributed by atoms with Crippen LogP contribution < -0.4 is 5.32 Å². The van der Waals surface area contributed by atoms with Gasteiger partial charge in [-0.2, -0.15) is 5.26 Å². The van der Waals surface area contributed by atoms with Gasteiger partial charge in [-0.05, 0) is 78.7 Å². The van der Waals surface area contributed by atoms with E-state index < -0.39 is 31.5 Å². The maximum absolute atomic E-state index is 14.4. The number of thiophene rings is 1. The quantitative estimate of drug-likeness (QED) is 0.268. The minimum Gasteiger partial charge on any atom is -0.340 e. The number of amides is 3. The van der Waals surface area contributed by atoms with E-state index in [9.17, 15) is 38.4 Å². The molecule has 3 aliphatic rings. The molecule has 3 N–H and O–H groups in total. The van der Waals surface area contributed by atoms with Crippen LogP contribution in [0, 0.1) is 29.1 Å². The van der Waals surface area contributed by atoms with Crippen molar-refractivity contribution in [3.05, 3.63) is 70.6 Å². The molecule has 0 spiro atoms. The normalized spacial score (nSPS) is 27.0. The zero-order valence-corrected chi connectivity index (χ0v) is 28.6. The topological polar surface area (TPSA) is 151 Å². The standard InChI is InChI=1S/C35H40FN4O6PS/c1-20(2)22-8-11-28(38-33(41)31-16-24-14-23(9-13-30(24)48-31)32(36)47(44,45)46)34(42)40-26(15-22)10-12-29(40)35(43)39-18-25(17-37)27(19-39)21-6-4-3-5-7-21/h3-7,9,13-14,16,20,22,25-29,32H,8,10-12,15,18-19H2,1-2H3,(H,38,41)(H2,44,45,46)/t22-,25-,26+,27+,28-,29-,32?/m0/s1. The molecule has 1 unspecified atom stereocenters. The Bertz CT molecular complexity index is 1790. The molecule has 10 nitrogen and oxygen atoms in total. The van der Waals surface area contributed by atoms with Crippen molar-refractivity contribution in [1.82, 2.24) is 15.1 Å². The Kier molecular flexibility index (Phi) is 9.78. The maximum Gasteiger partial charge on any atom is 0.363 e. The third kappa shape index (κ3) is 6.79. The molecule has 3 aromatic rings. The Morgan fingerprint density at radius 3 is 2.50 bits per heavy atom. The van der Waals surface area contributed by atoms with E-state index in [4.69, 9.17) is 0 Å². The van der Waals surface area contributed by atoms with Crippen LogP contribution in [-0.2, 0) is 14.2 Å². The lowest BCUT2D eigenvalue weighted by atomic mass is 9.82. The molecule has 1 aromatic heterocycles. The van der Waals surface area contributed by atoms with Gasteiger partial charge in [0.2, 0.25) is 17.7 Å². The van der Waals surface area contributed by atoms with E-state index in [2.05, 4.69) is 25.2 Å². The van der Waals surface area contributed by atoms with E-state index in [0.717, 1.165) is 29.7 Å². The Morgan fingerprint density at radius 2 is 1.81 bits per heavy atom. The van der Waals surface area contributed by atoms with Crippen LogP contribution in [0.3, 0.4) is 0 Å². The van der Waals surface area contributed by atoms with E-state index in [1.54, 1.807) is 9.80 Å². The highest BCUT2D eigenvalue weighted by molar-refractivity contribution is 7.51. The number of nitrogens with one attached hydrogen (secondary N) is 1. The molecule has 0 saturated carbocycles. The van der Waals surface area contributed by atoms with Crippen molar-refractivity contribution in [3.63, 3.8) is 0 Å². The fourth-order valence-electron chi connectivity index (χ4n) is 7.69. The van der Waals surface area contributed by atoms with Gasteiger partial charge in [-0.15, -0.1) is 11.3 Å². The summed E-state index contributed by atoms with van der Waals surface area (Å²) in [6.45, 7) is 5.01. The van der Waals surface area contributed by atoms with Crippen LogP contribution >= 0.6 is 18.9 Å². The van der Waals surface area contributed by atoms with Gasteiger partial charge >= 0.3 is 7.60 Å². The molecule has 48 heavy (non-hydrogen) atoms. The summed E-state index contributed by atoms with van der Waals surface area (Å²) >= 11 is 1.14. The van der Waals surface area contributed by atoms with Gasteiger partial charge in [0.1, 0.15) is 12.1 Å². The molecule has 3 amide bonds. The molecular formula is C35H40FN4O6PS. The molecule has 254 valence electrons.